The summed E-state index contributed by atoms with van der Waals surface area (Å²) in [5, 5.41) is 29.7. The fourth-order valence-corrected chi connectivity index (χ4v) is 6.89. The monoisotopic (exact) mass is 558 g/mol. The highest BCUT2D eigenvalue weighted by molar-refractivity contribution is 5.92. The Labute approximate surface area is 234 Å². The number of likely N-dealkylation sites (tertiary alicyclic amines) is 1. The van der Waals surface area contributed by atoms with E-state index < -0.39 is 35.7 Å². The summed E-state index contributed by atoms with van der Waals surface area (Å²) >= 11 is 0. The summed E-state index contributed by atoms with van der Waals surface area (Å²) in [6.07, 6.45) is 1.94. The minimum Gasteiger partial charge on any atom is -0.504 e. The first-order chi connectivity index (χ1) is 18.7. The van der Waals surface area contributed by atoms with Crippen LogP contribution < -0.4 is 11.5 Å². The number of fused-ring (bicyclic) bond motifs is 2. The molecule has 6 unspecified atom stereocenters. The van der Waals surface area contributed by atoms with Gasteiger partial charge in [-0.15, -0.1) is 0 Å². The first kappa shape index (κ1) is 29.6. The number of guanidine groups is 1. The zero-order valence-corrected chi connectivity index (χ0v) is 23.5. The van der Waals surface area contributed by atoms with Crippen LogP contribution in [0.25, 0.3) is 0 Å². The molecule has 3 aliphatic rings. The number of Topliss-reactive ketones (excluding diaryl/α,β-unsaturated/α-hetero) is 1. The predicted molar refractivity (Wildman–Crippen MR) is 147 cm³/mol. The van der Waals surface area contributed by atoms with Crippen molar-refractivity contribution >= 4 is 23.6 Å². The molecule has 2 bridgehead atoms. The van der Waals surface area contributed by atoms with Crippen LogP contribution in [0, 0.1) is 22.7 Å². The summed E-state index contributed by atoms with van der Waals surface area (Å²) in [6.45, 7) is 6.85. The van der Waals surface area contributed by atoms with Crippen LogP contribution in [0.3, 0.4) is 0 Å². The molecule has 4 rings (SSSR count). The molecular weight excluding hydrogens is 516 g/mol. The molecule has 1 aromatic carbocycles. The Hall–Kier alpha value is -3.34. The Balaban J connectivity index is 1.43. The largest absolute Gasteiger partial charge is 0.504 e. The molecule has 1 aromatic rings. The molecule has 1 amide bonds. The Morgan fingerprint density at radius 2 is 1.88 bits per heavy atom. The van der Waals surface area contributed by atoms with E-state index in [0.717, 1.165) is 19.3 Å². The summed E-state index contributed by atoms with van der Waals surface area (Å²) in [4.78, 5) is 45.4. The number of carbonyl (C=O) groups excluding carboxylic acids is 3. The van der Waals surface area contributed by atoms with Gasteiger partial charge in [-0.1, -0.05) is 26.8 Å². The van der Waals surface area contributed by atoms with E-state index >= 15 is 0 Å². The maximum atomic E-state index is 13.7. The number of amides is 1. The lowest BCUT2D eigenvalue weighted by atomic mass is 9.70. The number of esters is 1. The summed E-state index contributed by atoms with van der Waals surface area (Å²) < 4.78 is 6.08. The zero-order chi connectivity index (χ0) is 29.4. The highest BCUT2D eigenvalue weighted by Crippen LogP contribution is 2.66. The van der Waals surface area contributed by atoms with E-state index in [1.165, 1.54) is 23.1 Å². The van der Waals surface area contributed by atoms with E-state index in [4.69, 9.17) is 16.2 Å². The van der Waals surface area contributed by atoms with Gasteiger partial charge in [-0.25, -0.2) is 4.79 Å². The molecule has 0 radical (unpaired) electrons. The van der Waals surface area contributed by atoms with E-state index in [0.29, 0.717) is 30.9 Å². The van der Waals surface area contributed by atoms with Crippen molar-refractivity contribution < 1.29 is 34.4 Å². The maximum Gasteiger partial charge on any atom is 0.329 e. The number of ketones is 1. The molecule has 3 fully saturated rings. The molecule has 6 atom stereocenters. The van der Waals surface area contributed by atoms with Gasteiger partial charge in [0.05, 0.1) is 12.5 Å². The summed E-state index contributed by atoms with van der Waals surface area (Å²) in [7, 11) is 0. The van der Waals surface area contributed by atoms with Crippen LogP contribution in [0.4, 0.5) is 0 Å². The molecule has 11 heteroatoms. The van der Waals surface area contributed by atoms with Crippen LogP contribution in [-0.2, 0) is 25.5 Å². The summed E-state index contributed by atoms with van der Waals surface area (Å²) in [5.74, 6) is -2.86. The van der Waals surface area contributed by atoms with Crippen LogP contribution in [0.15, 0.2) is 23.2 Å². The second-order valence-corrected chi connectivity index (χ2v) is 12.4. The number of nitrogens with zero attached hydrogens (tertiary/aromatic N) is 2. The van der Waals surface area contributed by atoms with Gasteiger partial charge in [-0.2, -0.15) is 0 Å². The van der Waals surface area contributed by atoms with Crippen molar-refractivity contribution in [3.63, 3.8) is 0 Å². The van der Waals surface area contributed by atoms with Gasteiger partial charge in [0.1, 0.15) is 18.2 Å². The van der Waals surface area contributed by atoms with Crippen molar-refractivity contribution in [2.45, 2.75) is 84.0 Å². The van der Waals surface area contributed by atoms with E-state index in [-0.39, 0.29) is 53.8 Å². The predicted octanol–water partition coefficient (Wildman–Crippen LogP) is 1.60. The molecule has 2 saturated carbocycles. The van der Waals surface area contributed by atoms with Crippen molar-refractivity contribution in [1.82, 2.24) is 4.90 Å². The number of aliphatic hydroxyl groups is 1. The molecule has 220 valence electrons. The van der Waals surface area contributed by atoms with E-state index in [1.807, 2.05) is 0 Å². The van der Waals surface area contributed by atoms with Crippen molar-refractivity contribution in [1.29, 1.82) is 0 Å². The van der Waals surface area contributed by atoms with Crippen LogP contribution in [0.1, 0.15) is 64.9 Å². The lowest BCUT2D eigenvalue weighted by Gasteiger charge is -2.39. The highest BCUT2D eigenvalue weighted by atomic mass is 16.5. The second-order valence-electron chi connectivity index (χ2n) is 12.4. The zero-order valence-electron chi connectivity index (χ0n) is 23.5. The van der Waals surface area contributed by atoms with Crippen molar-refractivity contribution in [2.75, 3.05) is 13.1 Å². The first-order valence-corrected chi connectivity index (χ1v) is 14.0. The Bertz CT molecular complexity index is 1180. The Morgan fingerprint density at radius 3 is 2.48 bits per heavy atom. The number of aromatic hydroxyl groups is 2. The number of aliphatic imine (C=N–C) groups is 1. The molecule has 0 spiro atoms. The number of hydrogen-bond donors (Lipinski definition) is 5. The number of ether oxygens (including phenoxy) is 1. The minimum absolute atomic E-state index is 0.0778. The SMILES string of the molecule is CC1(C)C2CCC1(C)C(OC(=O)C1CCCN1C(=O)C(CN=C(N)N)CC(=O)C(O)Cc1ccc(O)c(O)c1)C2. The molecule has 2 aliphatic carbocycles. The Morgan fingerprint density at radius 1 is 1.15 bits per heavy atom. The molecule has 1 saturated heterocycles. The number of benzene rings is 1. The number of carbonyl (C=O) groups is 3. The third-order valence-corrected chi connectivity index (χ3v) is 9.91. The fraction of sp³-hybridized carbons (Fsp3) is 0.655. The average Bonchev–Trinajstić information content (AvgIpc) is 3.51. The topological polar surface area (TPSA) is 189 Å². The van der Waals surface area contributed by atoms with Gasteiger partial charge in [0, 0.05) is 24.8 Å². The molecule has 0 aromatic heterocycles. The van der Waals surface area contributed by atoms with E-state index in [1.54, 1.807) is 0 Å². The van der Waals surface area contributed by atoms with Crippen LogP contribution in [0.2, 0.25) is 0 Å². The molecule has 11 nitrogen and oxygen atoms in total. The van der Waals surface area contributed by atoms with Crippen LogP contribution in [-0.4, -0.2) is 75.2 Å². The quantitative estimate of drug-likeness (QED) is 0.123. The second kappa shape index (κ2) is 11.3. The molecule has 1 heterocycles. The van der Waals surface area contributed by atoms with Crippen LogP contribution in [0.5, 0.6) is 11.5 Å². The number of nitrogens with two attached hydrogens (primary N) is 2. The standard InChI is InChI=1S/C29H42N4O7/c1-28(2)18-8-9-29(28,3)24(14-18)40-26(39)19-5-4-10-33(19)25(38)17(15-32-27(30)31)13-23(37)22(36)12-16-6-7-20(34)21(35)11-16/h6-7,11,17-19,22,24,34-36H,4-5,8-10,12-15H2,1-3H3,(H4,30,31,32). The third kappa shape index (κ3) is 5.61. The van der Waals surface area contributed by atoms with Gasteiger partial charge in [0.2, 0.25) is 5.91 Å². The lowest BCUT2D eigenvalue weighted by Crippen LogP contribution is -2.48. The Kier molecular flexibility index (Phi) is 8.35. The molecule has 40 heavy (non-hydrogen) atoms. The number of aliphatic hydroxyl groups excluding tert-OH is 1. The minimum atomic E-state index is -1.46. The molecule has 1 aliphatic heterocycles. The smallest absolute Gasteiger partial charge is 0.329 e. The lowest BCUT2D eigenvalue weighted by molar-refractivity contribution is -0.165. The van der Waals surface area contributed by atoms with E-state index in [9.17, 15) is 29.7 Å². The van der Waals surface area contributed by atoms with Gasteiger partial charge < -0.3 is 36.4 Å². The number of phenolic OH excluding ortho intramolecular Hbond substituents is 2. The number of phenols is 2. The number of rotatable bonds is 10. The van der Waals surface area contributed by atoms with Gasteiger partial charge in [0.15, 0.2) is 23.2 Å². The first-order valence-electron chi connectivity index (χ1n) is 14.0. The molecule has 7 N–H and O–H groups in total. The van der Waals surface area contributed by atoms with Gasteiger partial charge in [0.25, 0.3) is 0 Å². The number of hydrogen-bond acceptors (Lipinski definition) is 8. The maximum absolute atomic E-state index is 13.7. The van der Waals surface area contributed by atoms with Crippen molar-refractivity contribution in [3.05, 3.63) is 23.8 Å². The highest BCUT2D eigenvalue weighted by Gasteiger charge is 2.63. The van der Waals surface area contributed by atoms with Crippen molar-refractivity contribution in [3.8, 4) is 11.5 Å². The average molecular weight is 559 g/mol. The normalized spacial score (nSPS) is 28.2. The molecular formula is C29H42N4O7. The fourth-order valence-electron chi connectivity index (χ4n) is 6.89. The van der Waals surface area contributed by atoms with Gasteiger partial charge in [-0.3, -0.25) is 14.6 Å². The summed E-state index contributed by atoms with van der Waals surface area (Å²) in [6, 6.07) is 3.25. The van der Waals surface area contributed by atoms with Crippen LogP contribution >= 0.6 is 0 Å². The van der Waals surface area contributed by atoms with Gasteiger partial charge >= 0.3 is 5.97 Å². The van der Waals surface area contributed by atoms with E-state index in [2.05, 4.69) is 25.8 Å². The van der Waals surface area contributed by atoms with Gasteiger partial charge in [-0.05, 0) is 61.1 Å². The third-order valence-electron chi connectivity index (χ3n) is 9.91. The van der Waals surface area contributed by atoms with Crippen molar-refractivity contribution in [2.24, 2.45) is 39.1 Å². The summed E-state index contributed by atoms with van der Waals surface area (Å²) in [5.41, 5.74) is 11.4.